The van der Waals surface area contributed by atoms with Crippen molar-refractivity contribution in [2.75, 3.05) is 27.3 Å². The van der Waals surface area contributed by atoms with Crippen LogP contribution in [0.25, 0.3) is 0 Å². The van der Waals surface area contributed by atoms with Crippen LogP contribution in [-0.2, 0) is 14.8 Å². The summed E-state index contributed by atoms with van der Waals surface area (Å²) in [6, 6.07) is 11.7. The maximum Gasteiger partial charge on any atom is 0.255 e. The highest BCUT2D eigenvalue weighted by atomic mass is 32.2. The average Bonchev–Trinajstić information content (AvgIpc) is 2.69. The topological polar surface area (TPSA) is 97.3 Å². The normalized spacial score (nSPS) is 11.6. The van der Waals surface area contributed by atoms with Gasteiger partial charge in [-0.1, -0.05) is 17.7 Å². The van der Waals surface area contributed by atoms with E-state index in [2.05, 4.69) is 10.5 Å². The van der Waals surface area contributed by atoms with Crippen LogP contribution in [0.1, 0.15) is 18.1 Å². The fraction of sp³-hybridized carbons (Fsp3) is 0.300. The number of nitrogens with one attached hydrogen (secondary N) is 1. The highest BCUT2D eigenvalue weighted by molar-refractivity contribution is 7.89. The number of aryl methyl sites for hydroxylation is 1. The number of carbonyl (C=O) groups is 1. The molecule has 0 unspecified atom stereocenters. The van der Waals surface area contributed by atoms with Crippen LogP contribution in [0.2, 0.25) is 0 Å². The molecule has 0 aliphatic heterocycles. The molecule has 1 amide bonds. The molecule has 0 spiro atoms. The number of likely N-dealkylation sites (N-methyl/N-ethyl adjacent to an activating group) is 1. The number of methoxy groups -OCH3 is 1. The lowest BCUT2D eigenvalue weighted by Gasteiger charge is -2.16. The number of carbonyl (C=O) groups excluding carboxylic acids is 1. The maximum atomic E-state index is 12.5. The number of amides is 1. The fourth-order valence-electron chi connectivity index (χ4n) is 2.43. The summed E-state index contributed by atoms with van der Waals surface area (Å²) < 4.78 is 36.7. The van der Waals surface area contributed by atoms with E-state index in [1.165, 1.54) is 32.5 Å². The second-order valence-electron chi connectivity index (χ2n) is 6.21. The van der Waals surface area contributed by atoms with Gasteiger partial charge in [0.15, 0.2) is 11.5 Å². The first-order valence-corrected chi connectivity index (χ1v) is 10.4. The monoisotopic (exact) mass is 419 g/mol. The molecule has 9 heteroatoms. The van der Waals surface area contributed by atoms with Crippen molar-refractivity contribution in [1.82, 2.24) is 9.73 Å². The number of sulfonamides is 1. The van der Waals surface area contributed by atoms with Crippen molar-refractivity contribution in [3.05, 3.63) is 53.6 Å². The molecule has 1 N–H and O–H groups in total. The van der Waals surface area contributed by atoms with Gasteiger partial charge in [0, 0.05) is 7.05 Å². The molecule has 0 saturated carbocycles. The van der Waals surface area contributed by atoms with E-state index in [1.54, 1.807) is 30.3 Å². The van der Waals surface area contributed by atoms with Crippen molar-refractivity contribution < 1.29 is 22.7 Å². The van der Waals surface area contributed by atoms with Crippen molar-refractivity contribution >= 4 is 22.1 Å². The van der Waals surface area contributed by atoms with Crippen LogP contribution in [0.5, 0.6) is 11.5 Å². The van der Waals surface area contributed by atoms with E-state index in [0.717, 1.165) is 9.87 Å². The molecule has 2 rings (SSSR count). The third kappa shape index (κ3) is 6.03. The van der Waals surface area contributed by atoms with Crippen LogP contribution in [0, 0.1) is 6.92 Å². The van der Waals surface area contributed by atoms with Crippen LogP contribution < -0.4 is 14.9 Å². The smallest absolute Gasteiger partial charge is 0.255 e. The van der Waals surface area contributed by atoms with Gasteiger partial charge >= 0.3 is 0 Å². The van der Waals surface area contributed by atoms with Crippen LogP contribution in [0.4, 0.5) is 0 Å². The minimum atomic E-state index is -3.76. The lowest BCUT2D eigenvalue weighted by Crippen LogP contribution is -2.36. The molecule has 0 radical (unpaired) electrons. The average molecular weight is 420 g/mol. The zero-order valence-corrected chi connectivity index (χ0v) is 17.7. The lowest BCUT2D eigenvalue weighted by atomic mass is 10.2. The Balaban J connectivity index is 1.97. The predicted molar refractivity (Wildman–Crippen MR) is 111 cm³/mol. The van der Waals surface area contributed by atoms with E-state index in [-0.39, 0.29) is 11.4 Å². The van der Waals surface area contributed by atoms with E-state index >= 15 is 0 Å². The molecular weight excluding hydrogens is 394 g/mol. The Kier molecular flexibility index (Phi) is 7.74. The fourth-order valence-corrected chi connectivity index (χ4v) is 3.56. The van der Waals surface area contributed by atoms with E-state index in [4.69, 9.17) is 9.47 Å². The van der Waals surface area contributed by atoms with E-state index < -0.39 is 15.9 Å². The first-order valence-electron chi connectivity index (χ1n) is 8.93. The first kappa shape index (κ1) is 22.4. The van der Waals surface area contributed by atoms with Gasteiger partial charge in [-0.25, -0.2) is 13.8 Å². The molecule has 8 nitrogen and oxygen atoms in total. The van der Waals surface area contributed by atoms with Crippen molar-refractivity contribution in [2.45, 2.75) is 18.7 Å². The standard InChI is InChI=1S/C20H25N3O5S/c1-5-28-18-11-8-16(12-19(18)27-4)13-21-22-20(24)14-23(3)29(25,26)17-9-6-15(2)7-10-17/h6-13H,5,14H2,1-4H3,(H,22,24)/b21-13-. The second kappa shape index (κ2) is 10.0. The summed E-state index contributed by atoms with van der Waals surface area (Å²) in [6.45, 7) is 3.89. The Morgan fingerprint density at radius 1 is 1.17 bits per heavy atom. The van der Waals surface area contributed by atoms with Gasteiger partial charge in [-0.3, -0.25) is 4.79 Å². The summed E-state index contributed by atoms with van der Waals surface area (Å²) in [6.07, 6.45) is 1.44. The minimum Gasteiger partial charge on any atom is -0.493 e. The lowest BCUT2D eigenvalue weighted by molar-refractivity contribution is -0.121. The molecule has 29 heavy (non-hydrogen) atoms. The van der Waals surface area contributed by atoms with Crippen LogP contribution in [0.15, 0.2) is 52.5 Å². The minimum absolute atomic E-state index is 0.128. The summed E-state index contributed by atoms with van der Waals surface area (Å²) in [4.78, 5) is 12.2. The van der Waals surface area contributed by atoms with Gasteiger partial charge in [-0.05, 0) is 49.7 Å². The molecular formula is C20H25N3O5S. The Bertz CT molecular complexity index is 972. The van der Waals surface area contributed by atoms with Gasteiger partial charge in [-0.2, -0.15) is 9.41 Å². The van der Waals surface area contributed by atoms with Gasteiger partial charge in [0.05, 0.1) is 31.4 Å². The van der Waals surface area contributed by atoms with Gasteiger partial charge in [0.1, 0.15) is 0 Å². The molecule has 0 fully saturated rings. The molecule has 0 aliphatic rings. The van der Waals surface area contributed by atoms with Crippen LogP contribution in [-0.4, -0.2) is 52.2 Å². The molecule has 0 bridgehead atoms. The molecule has 0 saturated heterocycles. The third-order valence-electron chi connectivity index (χ3n) is 3.99. The van der Waals surface area contributed by atoms with Gasteiger partial charge < -0.3 is 9.47 Å². The van der Waals surface area contributed by atoms with Crippen molar-refractivity contribution in [1.29, 1.82) is 0 Å². The molecule has 2 aromatic rings. The number of ether oxygens (including phenoxy) is 2. The van der Waals surface area contributed by atoms with Gasteiger partial charge in [-0.15, -0.1) is 0 Å². The molecule has 156 valence electrons. The van der Waals surface area contributed by atoms with E-state index in [0.29, 0.717) is 23.7 Å². The Morgan fingerprint density at radius 2 is 1.86 bits per heavy atom. The number of nitrogens with zero attached hydrogens (tertiary/aromatic N) is 2. The summed E-state index contributed by atoms with van der Waals surface area (Å²) in [5, 5.41) is 3.87. The zero-order valence-electron chi connectivity index (χ0n) is 16.9. The summed E-state index contributed by atoms with van der Waals surface area (Å²) in [5.41, 5.74) is 3.96. The van der Waals surface area contributed by atoms with Gasteiger partial charge in [0.25, 0.3) is 5.91 Å². The number of benzene rings is 2. The summed E-state index contributed by atoms with van der Waals surface area (Å²) in [7, 11) is -0.881. The molecule has 0 aliphatic carbocycles. The number of hydrazone groups is 1. The quantitative estimate of drug-likeness (QED) is 0.496. The van der Waals surface area contributed by atoms with Crippen LogP contribution >= 0.6 is 0 Å². The largest absolute Gasteiger partial charge is 0.493 e. The number of hydrogen-bond acceptors (Lipinski definition) is 6. The highest BCUT2D eigenvalue weighted by Gasteiger charge is 2.22. The second-order valence-corrected chi connectivity index (χ2v) is 8.26. The Hall–Kier alpha value is -2.91. The summed E-state index contributed by atoms with van der Waals surface area (Å²) in [5.74, 6) is 0.600. The Labute approximate surface area is 171 Å². The van der Waals surface area contributed by atoms with Crippen molar-refractivity contribution in [2.24, 2.45) is 5.10 Å². The SMILES string of the molecule is CCOc1ccc(/C=N\NC(=O)CN(C)S(=O)(=O)c2ccc(C)cc2)cc1OC. The zero-order chi connectivity index (χ0) is 21.4. The van der Waals surface area contributed by atoms with Crippen LogP contribution in [0.3, 0.4) is 0 Å². The molecule has 2 aromatic carbocycles. The van der Waals surface area contributed by atoms with Gasteiger partial charge in [0.2, 0.25) is 10.0 Å². The molecule has 0 heterocycles. The third-order valence-corrected chi connectivity index (χ3v) is 5.80. The maximum absolute atomic E-state index is 12.5. The van der Waals surface area contributed by atoms with Crippen molar-refractivity contribution in [3.8, 4) is 11.5 Å². The first-order chi connectivity index (χ1) is 13.8. The predicted octanol–water partition coefficient (Wildman–Crippen LogP) is 2.17. The molecule has 0 aromatic heterocycles. The number of rotatable bonds is 9. The van der Waals surface area contributed by atoms with E-state index in [9.17, 15) is 13.2 Å². The highest BCUT2D eigenvalue weighted by Crippen LogP contribution is 2.27. The van der Waals surface area contributed by atoms with E-state index in [1.807, 2.05) is 13.8 Å². The van der Waals surface area contributed by atoms with Crippen molar-refractivity contribution in [3.63, 3.8) is 0 Å². The molecule has 0 atom stereocenters. The number of hydrogen-bond donors (Lipinski definition) is 1. The Morgan fingerprint density at radius 3 is 2.48 bits per heavy atom. The summed E-state index contributed by atoms with van der Waals surface area (Å²) >= 11 is 0.